The summed E-state index contributed by atoms with van der Waals surface area (Å²) in [6.45, 7) is 0.367. The Labute approximate surface area is 205 Å². The minimum Gasteiger partial charge on any atom is -0.490 e. The molecule has 0 radical (unpaired) electrons. The number of urea groups is 1. The number of hydrogen-bond donors (Lipinski definition) is 2. The third-order valence-electron chi connectivity index (χ3n) is 5.83. The van der Waals surface area contributed by atoms with Crippen molar-refractivity contribution < 1.29 is 36.3 Å². The van der Waals surface area contributed by atoms with Gasteiger partial charge in [0.1, 0.15) is 24.0 Å². The Morgan fingerprint density at radius 1 is 1.08 bits per heavy atom. The Morgan fingerprint density at radius 3 is 2.61 bits per heavy atom. The van der Waals surface area contributed by atoms with Crippen LogP contribution in [0.3, 0.4) is 0 Å². The summed E-state index contributed by atoms with van der Waals surface area (Å²) in [5.41, 5.74) is -1.05. The van der Waals surface area contributed by atoms with Gasteiger partial charge < -0.3 is 15.4 Å². The molecule has 2 N–H and O–H groups in total. The third kappa shape index (κ3) is 4.19. The Morgan fingerprint density at radius 2 is 1.86 bits per heavy atom. The molecule has 0 saturated heterocycles. The van der Waals surface area contributed by atoms with Gasteiger partial charge in [0.05, 0.1) is 23.8 Å². The zero-order valence-corrected chi connectivity index (χ0v) is 18.8. The van der Waals surface area contributed by atoms with Crippen molar-refractivity contribution in [2.45, 2.75) is 12.2 Å². The van der Waals surface area contributed by atoms with Gasteiger partial charge >= 0.3 is 12.2 Å². The minimum absolute atomic E-state index is 0.0809. The lowest BCUT2D eigenvalue weighted by Crippen LogP contribution is -2.50. The maximum atomic E-state index is 14.1. The largest absolute Gasteiger partial charge is 0.490 e. The molecule has 2 heterocycles. The number of alkyl halides is 3. The molecular weight excluding hydrogens is 509 g/mol. The fourth-order valence-corrected chi connectivity index (χ4v) is 4.49. The Balaban J connectivity index is 1.63. The van der Waals surface area contributed by atoms with Crippen molar-refractivity contribution in [3.8, 4) is 5.75 Å². The van der Waals surface area contributed by atoms with Crippen LogP contribution in [0.4, 0.5) is 38.1 Å². The number of nitrogens with zero attached hydrogens (tertiary/aromatic N) is 1. The van der Waals surface area contributed by atoms with E-state index in [0.29, 0.717) is 23.6 Å². The van der Waals surface area contributed by atoms with Crippen molar-refractivity contribution in [3.05, 3.63) is 87.4 Å². The number of benzene rings is 3. The number of halogens is 6. The minimum atomic E-state index is -4.86. The molecule has 0 bridgehead atoms. The highest BCUT2D eigenvalue weighted by molar-refractivity contribution is 6.31. The molecule has 3 aromatic carbocycles. The highest BCUT2D eigenvalue weighted by atomic mass is 35.5. The Kier molecular flexibility index (Phi) is 5.74. The maximum Gasteiger partial charge on any atom is 0.416 e. The zero-order valence-electron chi connectivity index (χ0n) is 18.1. The second kappa shape index (κ2) is 8.66. The monoisotopic (exact) mass is 523 g/mol. The highest BCUT2D eigenvalue weighted by Crippen LogP contribution is 2.48. The predicted octanol–water partition coefficient (Wildman–Crippen LogP) is 5.90. The van der Waals surface area contributed by atoms with E-state index in [9.17, 15) is 31.5 Å². The molecule has 0 aromatic heterocycles. The van der Waals surface area contributed by atoms with E-state index in [4.69, 9.17) is 16.3 Å². The molecule has 1 atom stereocenters. The van der Waals surface area contributed by atoms with E-state index >= 15 is 0 Å². The number of rotatable bonds is 3. The molecule has 6 nitrogen and oxygen atoms in total. The van der Waals surface area contributed by atoms with Gasteiger partial charge in [0, 0.05) is 27.4 Å². The van der Waals surface area contributed by atoms with E-state index in [0.717, 1.165) is 12.1 Å². The first-order valence-electron chi connectivity index (χ1n) is 10.5. The van der Waals surface area contributed by atoms with Crippen LogP contribution in [0.25, 0.3) is 0 Å². The molecule has 3 amide bonds. The van der Waals surface area contributed by atoms with Crippen molar-refractivity contribution in [2.75, 3.05) is 23.4 Å². The van der Waals surface area contributed by atoms with Crippen molar-refractivity contribution in [1.82, 2.24) is 5.32 Å². The smallest absolute Gasteiger partial charge is 0.416 e. The molecule has 36 heavy (non-hydrogen) atoms. The molecule has 186 valence electrons. The molecule has 0 saturated carbocycles. The van der Waals surface area contributed by atoms with Gasteiger partial charge in [-0.15, -0.1) is 0 Å². The number of ether oxygens (including phenoxy) is 1. The summed E-state index contributed by atoms with van der Waals surface area (Å²) in [5.74, 6) is -2.58. The summed E-state index contributed by atoms with van der Waals surface area (Å²) in [5, 5.41) is 5.35. The highest BCUT2D eigenvalue weighted by Gasteiger charge is 2.39. The molecule has 2 aliphatic heterocycles. The van der Waals surface area contributed by atoms with E-state index in [2.05, 4.69) is 10.6 Å². The first-order valence-corrected chi connectivity index (χ1v) is 10.9. The number of nitrogens with one attached hydrogen (secondary N) is 2. The van der Waals surface area contributed by atoms with Gasteiger partial charge in [0.15, 0.2) is 0 Å². The fraction of sp³-hybridized carbons (Fsp3) is 0.167. The third-order valence-corrected chi connectivity index (χ3v) is 6.17. The molecular formula is C24H15ClF5N3O3. The standard InChI is InChI=1S/C24H15ClF5N3O3/c25-16-2-1-13(26)10-15(16)20-19-17(3-4-18-21(19)33(5-6-36-18)23(35)32-20)31-22(34)11-7-12(24(28,29)30)9-14(27)8-11/h1-4,7-10,20H,5-6H2,(H,31,34)(H,32,35). The van der Waals surface area contributed by atoms with Crippen molar-refractivity contribution in [1.29, 1.82) is 0 Å². The van der Waals surface area contributed by atoms with E-state index in [1.165, 1.54) is 23.1 Å². The average Bonchev–Trinajstić information content (AvgIpc) is 2.82. The van der Waals surface area contributed by atoms with Gasteiger partial charge in [-0.05, 0) is 48.5 Å². The molecule has 5 rings (SSSR count). The van der Waals surface area contributed by atoms with Crippen LogP contribution in [0.1, 0.15) is 33.1 Å². The zero-order chi connectivity index (χ0) is 25.8. The SMILES string of the molecule is O=C(Nc1ccc2c3c1C(c1cc(F)ccc1Cl)NC(=O)N3CCO2)c1cc(F)cc(C(F)(F)F)c1. The molecule has 0 fully saturated rings. The van der Waals surface area contributed by atoms with Crippen molar-refractivity contribution in [3.63, 3.8) is 0 Å². The van der Waals surface area contributed by atoms with Gasteiger partial charge in [-0.1, -0.05) is 11.6 Å². The first-order chi connectivity index (χ1) is 17.0. The van der Waals surface area contributed by atoms with Crippen LogP contribution in [0.5, 0.6) is 5.75 Å². The van der Waals surface area contributed by atoms with Crippen LogP contribution in [-0.2, 0) is 6.18 Å². The van der Waals surface area contributed by atoms with Gasteiger partial charge in [0.2, 0.25) is 0 Å². The lowest BCUT2D eigenvalue weighted by atomic mass is 9.92. The lowest BCUT2D eigenvalue weighted by molar-refractivity contribution is -0.137. The maximum absolute atomic E-state index is 14.1. The normalized spacial score (nSPS) is 16.7. The Bertz CT molecular complexity index is 1410. The second-order valence-corrected chi connectivity index (χ2v) is 8.51. The van der Waals surface area contributed by atoms with Crippen LogP contribution in [0.2, 0.25) is 5.02 Å². The number of amides is 3. The average molecular weight is 524 g/mol. The number of anilines is 2. The summed E-state index contributed by atoms with van der Waals surface area (Å²) >= 11 is 6.30. The molecule has 1 unspecified atom stereocenters. The van der Waals surface area contributed by atoms with Gasteiger partial charge in [-0.2, -0.15) is 13.2 Å². The van der Waals surface area contributed by atoms with Gasteiger partial charge in [-0.3, -0.25) is 9.69 Å². The van der Waals surface area contributed by atoms with E-state index < -0.39 is 46.9 Å². The van der Waals surface area contributed by atoms with Crippen LogP contribution in [0.15, 0.2) is 48.5 Å². The lowest BCUT2D eigenvalue weighted by Gasteiger charge is -2.40. The molecule has 0 aliphatic carbocycles. The number of carbonyl (C=O) groups is 2. The first kappa shape index (κ1) is 23.9. The predicted molar refractivity (Wildman–Crippen MR) is 120 cm³/mol. The molecule has 12 heteroatoms. The molecule has 3 aromatic rings. The molecule has 2 aliphatic rings. The molecule has 0 spiro atoms. The van der Waals surface area contributed by atoms with Gasteiger partial charge in [0.25, 0.3) is 5.91 Å². The summed E-state index contributed by atoms with van der Waals surface area (Å²) < 4.78 is 73.1. The van der Waals surface area contributed by atoms with Crippen LogP contribution >= 0.6 is 11.6 Å². The number of hydrogen-bond acceptors (Lipinski definition) is 3. The quantitative estimate of drug-likeness (QED) is 0.420. The van der Waals surface area contributed by atoms with Crippen molar-refractivity contribution in [2.24, 2.45) is 0 Å². The van der Waals surface area contributed by atoms with Gasteiger partial charge in [-0.25, -0.2) is 13.6 Å². The van der Waals surface area contributed by atoms with Crippen LogP contribution < -0.4 is 20.3 Å². The summed E-state index contributed by atoms with van der Waals surface area (Å²) in [6.07, 6.45) is -4.86. The van der Waals surface area contributed by atoms with Crippen molar-refractivity contribution >= 4 is 34.9 Å². The summed E-state index contributed by atoms with van der Waals surface area (Å²) in [6, 6.07) is 6.41. The van der Waals surface area contributed by atoms with E-state index in [-0.39, 0.29) is 41.1 Å². The van der Waals surface area contributed by atoms with Crippen LogP contribution in [-0.4, -0.2) is 25.1 Å². The second-order valence-electron chi connectivity index (χ2n) is 8.10. The number of carbonyl (C=O) groups excluding carboxylic acids is 2. The fourth-order valence-electron chi connectivity index (χ4n) is 4.27. The summed E-state index contributed by atoms with van der Waals surface area (Å²) in [7, 11) is 0. The van der Waals surface area contributed by atoms with E-state index in [1.54, 1.807) is 0 Å². The topological polar surface area (TPSA) is 70.7 Å². The van der Waals surface area contributed by atoms with Crippen LogP contribution in [0, 0.1) is 11.6 Å². The summed E-state index contributed by atoms with van der Waals surface area (Å²) in [4.78, 5) is 27.2. The Hall–Kier alpha value is -3.86. The van der Waals surface area contributed by atoms with E-state index in [1.807, 2.05) is 0 Å².